The minimum atomic E-state index is 0.264. The summed E-state index contributed by atoms with van der Waals surface area (Å²) < 4.78 is 5.38. The number of rotatable bonds is 4. The van der Waals surface area contributed by atoms with Gasteiger partial charge in [0.1, 0.15) is 11.5 Å². The molecule has 20 heavy (non-hydrogen) atoms. The molecule has 110 valence electrons. The van der Waals surface area contributed by atoms with Crippen LogP contribution in [0.1, 0.15) is 56.1 Å². The molecule has 1 aromatic rings. The zero-order valence-corrected chi connectivity index (χ0v) is 12.8. The van der Waals surface area contributed by atoms with Crippen molar-refractivity contribution in [3.63, 3.8) is 0 Å². The molecule has 0 amide bonds. The quantitative estimate of drug-likeness (QED) is 0.809. The molecule has 0 spiro atoms. The van der Waals surface area contributed by atoms with Gasteiger partial charge in [-0.1, -0.05) is 49.8 Å². The Morgan fingerprint density at radius 1 is 1.15 bits per heavy atom. The van der Waals surface area contributed by atoms with Crippen molar-refractivity contribution >= 4 is 5.78 Å². The Balaban J connectivity index is 2.04. The van der Waals surface area contributed by atoms with Gasteiger partial charge in [-0.15, -0.1) is 0 Å². The molecule has 0 unspecified atom stereocenters. The largest absolute Gasteiger partial charge is 0.496 e. The molecule has 2 heteroatoms. The van der Waals surface area contributed by atoms with Crippen LogP contribution in [0.15, 0.2) is 18.2 Å². The lowest BCUT2D eigenvalue weighted by atomic mass is 9.86. The summed E-state index contributed by atoms with van der Waals surface area (Å²) >= 11 is 0. The summed E-state index contributed by atoms with van der Waals surface area (Å²) in [5.74, 6) is 1.51. The fourth-order valence-electron chi connectivity index (χ4n) is 3.16. The second-order valence-corrected chi connectivity index (χ2v) is 6.00. The summed E-state index contributed by atoms with van der Waals surface area (Å²) in [6, 6.07) is 6.08. The number of carbonyl (C=O) groups is 1. The SMILES string of the molecule is COc1ccc(C)cc1CC(=O)C1CCCCCCC1. The van der Waals surface area contributed by atoms with E-state index >= 15 is 0 Å². The van der Waals surface area contributed by atoms with Gasteiger partial charge in [0.25, 0.3) is 0 Å². The molecular weight excluding hydrogens is 248 g/mol. The zero-order chi connectivity index (χ0) is 14.4. The average molecular weight is 274 g/mol. The Hall–Kier alpha value is -1.31. The monoisotopic (exact) mass is 274 g/mol. The fourth-order valence-corrected chi connectivity index (χ4v) is 3.16. The van der Waals surface area contributed by atoms with Gasteiger partial charge < -0.3 is 4.74 Å². The lowest BCUT2D eigenvalue weighted by molar-refractivity contribution is -0.122. The molecule has 0 N–H and O–H groups in total. The molecule has 0 atom stereocenters. The second-order valence-electron chi connectivity index (χ2n) is 6.00. The van der Waals surface area contributed by atoms with Crippen LogP contribution in [0, 0.1) is 12.8 Å². The molecule has 1 saturated carbocycles. The number of ketones is 1. The van der Waals surface area contributed by atoms with Crippen LogP contribution in [0.2, 0.25) is 0 Å². The summed E-state index contributed by atoms with van der Waals surface area (Å²) in [7, 11) is 1.68. The van der Waals surface area contributed by atoms with Gasteiger partial charge in [0.2, 0.25) is 0 Å². The predicted molar refractivity (Wildman–Crippen MR) is 82.3 cm³/mol. The van der Waals surface area contributed by atoms with Gasteiger partial charge in [-0.3, -0.25) is 4.79 Å². The van der Waals surface area contributed by atoms with E-state index in [-0.39, 0.29) is 5.92 Å². The van der Waals surface area contributed by atoms with E-state index in [0.29, 0.717) is 12.2 Å². The molecule has 2 nitrogen and oxygen atoms in total. The van der Waals surface area contributed by atoms with Gasteiger partial charge in [-0.25, -0.2) is 0 Å². The van der Waals surface area contributed by atoms with E-state index < -0.39 is 0 Å². The van der Waals surface area contributed by atoms with E-state index in [0.717, 1.165) is 24.2 Å². The van der Waals surface area contributed by atoms with Crippen molar-refractivity contribution in [1.29, 1.82) is 0 Å². The van der Waals surface area contributed by atoms with Gasteiger partial charge in [0.05, 0.1) is 7.11 Å². The summed E-state index contributed by atoms with van der Waals surface area (Å²) in [4.78, 5) is 12.6. The maximum atomic E-state index is 12.6. The van der Waals surface area contributed by atoms with Crippen molar-refractivity contribution in [3.8, 4) is 5.75 Å². The van der Waals surface area contributed by atoms with Gasteiger partial charge in [-0.2, -0.15) is 0 Å². The topological polar surface area (TPSA) is 26.3 Å². The van der Waals surface area contributed by atoms with Crippen molar-refractivity contribution in [3.05, 3.63) is 29.3 Å². The summed E-state index contributed by atoms with van der Waals surface area (Å²) in [5.41, 5.74) is 2.23. The van der Waals surface area contributed by atoms with E-state index in [1.807, 2.05) is 12.1 Å². The third-order valence-electron chi connectivity index (χ3n) is 4.36. The predicted octanol–water partition coefficient (Wildman–Crippen LogP) is 4.48. The molecule has 1 aliphatic carbocycles. The van der Waals surface area contributed by atoms with E-state index in [1.165, 1.54) is 37.7 Å². The van der Waals surface area contributed by atoms with E-state index in [2.05, 4.69) is 13.0 Å². The molecule has 0 bridgehead atoms. The number of hydrogen-bond donors (Lipinski definition) is 0. The second kappa shape index (κ2) is 7.47. The molecule has 1 fully saturated rings. The minimum Gasteiger partial charge on any atom is -0.496 e. The lowest BCUT2D eigenvalue weighted by Crippen LogP contribution is -2.18. The number of benzene rings is 1. The first-order chi connectivity index (χ1) is 9.70. The van der Waals surface area contributed by atoms with Gasteiger partial charge in [-0.05, 0) is 25.8 Å². The van der Waals surface area contributed by atoms with E-state index in [9.17, 15) is 4.79 Å². The minimum absolute atomic E-state index is 0.264. The first kappa shape index (κ1) is 15.1. The molecule has 1 aliphatic rings. The number of carbonyl (C=O) groups excluding carboxylic acids is 1. The molecule has 0 heterocycles. The molecule has 0 saturated heterocycles. The van der Waals surface area contributed by atoms with Crippen LogP contribution in [-0.4, -0.2) is 12.9 Å². The first-order valence-corrected chi connectivity index (χ1v) is 7.87. The Kier molecular flexibility index (Phi) is 5.63. The number of methoxy groups -OCH3 is 1. The van der Waals surface area contributed by atoms with Gasteiger partial charge in [0, 0.05) is 17.9 Å². The molecule has 0 aliphatic heterocycles. The highest BCUT2D eigenvalue weighted by Crippen LogP contribution is 2.26. The molecule has 1 aromatic carbocycles. The van der Waals surface area contributed by atoms with Crippen molar-refractivity contribution < 1.29 is 9.53 Å². The molecule has 0 radical (unpaired) electrons. The van der Waals surface area contributed by atoms with Crippen LogP contribution >= 0.6 is 0 Å². The smallest absolute Gasteiger partial charge is 0.140 e. The maximum absolute atomic E-state index is 12.6. The van der Waals surface area contributed by atoms with E-state index in [4.69, 9.17) is 4.74 Å². The summed E-state index contributed by atoms with van der Waals surface area (Å²) in [6.45, 7) is 2.06. The number of aryl methyl sites for hydroxylation is 1. The van der Waals surface area contributed by atoms with E-state index in [1.54, 1.807) is 7.11 Å². The van der Waals surface area contributed by atoms with Crippen molar-refractivity contribution in [1.82, 2.24) is 0 Å². The standard InChI is InChI=1S/C18H26O2/c1-14-10-11-18(20-2)16(12-14)13-17(19)15-8-6-4-3-5-7-9-15/h10-12,15H,3-9,13H2,1-2H3. The van der Waals surface area contributed by atoms with Crippen molar-refractivity contribution in [2.45, 2.75) is 58.3 Å². The third-order valence-corrected chi connectivity index (χ3v) is 4.36. The fraction of sp³-hybridized carbons (Fsp3) is 0.611. The third kappa shape index (κ3) is 4.09. The highest BCUT2D eigenvalue weighted by Gasteiger charge is 2.20. The Labute approximate surface area is 122 Å². The zero-order valence-electron chi connectivity index (χ0n) is 12.8. The van der Waals surface area contributed by atoms with Crippen LogP contribution in [0.25, 0.3) is 0 Å². The summed E-state index contributed by atoms with van der Waals surface area (Å²) in [5, 5.41) is 0. The number of ether oxygens (including phenoxy) is 1. The van der Waals surface area contributed by atoms with Crippen molar-refractivity contribution in [2.24, 2.45) is 5.92 Å². The highest BCUT2D eigenvalue weighted by atomic mass is 16.5. The normalized spacial score (nSPS) is 17.3. The Bertz CT molecular complexity index is 443. The Morgan fingerprint density at radius 2 is 1.80 bits per heavy atom. The molecular formula is C18H26O2. The van der Waals surface area contributed by atoms with Gasteiger partial charge in [0.15, 0.2) is 0 Å². The first-order valence-electron chi connectivity index (χ1n) is 7.87. The van der Waals surface area contributed by atoms with Crippen molar-refractivity contribution in [2.75, 3.05) is 7.11 Å². The van der Waals surface area contributed by atoms with Crippen LogP contribution in [-0.2, 0) is 11.2 Å². The highest BCUT2D eigenvalue weighted by molar-refractivity contribution is 5.83. The number of Topliss-reactive ketones (excluding diaryl/α,β-unsaturated/α-hetero) is 1. The van der Waals surface area contributed by atoms with Crippen LogP contribution in [0.3, 0.4) is 0 Å². The summed E-state index contributed by atoms with van der Waals surface area (Å²) in [6.07, 6.45) is 9.01. The molecule has 2 rings (SSSR count). The van der Waals surface area contributed by atoms with Gasteiger partial charge >= 0.3 is 0 Å². The van der Waals surface area contributed by atoms with Crippen LogP contribution in [0.4, 0.5) is 0 Å². The Morgan fingerprint density at radius 3 is 2.45 bits per heavy atom. The van der Waals surface area contributed by atoms with Crippen LogP contribution < -0.4 is 4.74 Å². The molecule has 0 aromatic heterocycles. The lowest BCUT2D eigenvalue weighted by Gasteiger charge is -2.19. The number of hydrogen-bond acceptors (Lipinski definition) is 2. The average Bonchev–Trinajstić information content (AvgIpc) is 2.38. The van der Waals surface area contributed by atoms with Crippen LogP contribution in [0.5, 0.6) is 5.75 Å². The maximum Gasteiger partial charge on any atom is 0.140 e.